The topological polar surface area (TPSA) is 128 Å². The van der Waals surface area contributed by atoms with Gasteiger partial charge in [0.15, 0.2) is 17.5 Å². The molecule has 10 nitrogen and oxygen atoms in total. The van der Waals surface area contributed by atoms with Crippen molar-refractivity contribution in [1.29, 1.82) is 0 Å². The highest BCUT2D eigenvalue weighted by Crippen LogP contribution is 2.29. The zero-order valence-electron chi connectivity index (χ0n) is 14.8. The van der Waals surface area contributed by atoms with Crippen molar-refractivity contribution in [3.05, 3.63) is 42.2 Å². The first-order valence-electron chi connectivity index (χ1n) is 7.70. The van der Waals surface area contributed by atoms with Crippen LogP contribution < -0.4 is 19.5 Å². The largest absolute Gasteiger partial charge is 0.497 e. The number of nitrogens with zero attached hydrogens (tertiary/aromatic N) is 3. The first-order valence-corrected chi connectivity index (χ1v) is 9.18. The summed E-state index contributed by atoms with van der Waals surface area (Å²) in [6, 6.07) is 9.10. The highest BCUT2D eigenvalue weighted by molar-refractivity contribution is 7.92. The van der Waals surface area contributed by atoms with E-state index < -0.39 is 10.0 Å². The van der Waals surface area contributed by atoms with Crippen molar-refractivity contribution in [3.63, 3.8) is 0 Å². The Bertz CT molecular complexity index is 1030. The monoisotopic (exact) mass is 391 g/mol. The van der Waals surface area contributed by atoms with Gasteiger partial charge >= 0.3 is 0 Å². The minimum absolute atomic E-state index is 0.0483. The van der Waals surface area contributed by atoms with Gasteiger partial charge in [-0.1, -0.05) is 5.16 Å². The molecule has 2 aromatic heterocycles. The molecule has 0 saturated heterocycles. The van der Waals surface area contributed by atoms with Gasteiger partial charge in [-0.05, 0) is 31.2 Å². The van der Waals surface area contributed by atoms with Crippen LogP contribution in [0, 0.1) is 6.92 Å². The number of aromatic nitrogens is 3. The molecule has 142 valence electrons. The van der Waals surface area contributed by atoms with Crippen LogP contribution in [0.25, 0.3) is 0 Å². The van der Waals surface area contributed by atoms with Gasteiger partial charge in [0.1, 0.15) is 22.2 Å². The van der Waals surface area contributed by atoms with Crippen molar-refractivity contribution >= 4 is 27.5 Å². The van der Waals surface area contributed by atoms with E-state index in [1.165, 1.54) is 38.5 Å². The maximum Gasteiger partial charge on any atom is 0.266 e. The van der Waals surface area contributed by atoms with Crippen molar-refractivity contribution in [2.75, 3.05) is 24.3 Å². The SMILES string of the molecule is COc1ccc(S(=O)(=O)Nc2ccc(Nc3cc(C)on3)nn2)c(OC)c1. The molecule has 0 fully saturated rings. The second kappa shape index (κ2) is 7.50. The van der Waals surface area contributed by atoms with Crippen molar-refractivity contribution in [2.45, 2.75) is 11.8 Å². The fourth-order valence-electron chi connectivity index (χ4n) is 2.20. The Morgan fingerprint density at radius 1 is 0.963 bits per heavy atom. The van der Waals surface area contributed by atoms with Crippen LogP contribution in [0.15, 0.2) is 45.8 Å². The molecule has 3 rings (SSSR count). The molecular weight excluding hydrogens is 374 g/mol. The van der Waals surface area contributed by atoms with Gasteiger partial charge in [-0.15, -0.1) is 10.2 Å². The molecule has 0 atom stereocenters. The van der Waals surface area contributed by atoms with Crippen LogP contribution >= 0.6 is 0 Å². The number of sulfonamides is 1. The van der Waals surface area contributed by atoms with Gasteiger partial charge in [0, 0.05) is 12.1 Å². The third-order valence-electron chi connectivity index (χ3n) is 3.45. The van der Waals surface area contributed by atoms with E-state index in [1.54, 1.807) is 19.1 Å². The lowest BCUT2D eigenvalue weighted by Gasteiger charge is -2.12. The predicted octanol–water partition coefficient (Wildman–Crippen LogP) is 2.33. The second-order valence-electron chi connectivity index (χ2n) is 5.37. The zero-order chi connectivity index (χ0) is 19.4. The zero-order valence-corrected chi connectivity index (χ0v) is 15.6. The number of aryl methyl sites for hydroxylation is 1. The predicted molar refractivity (Wildman–Crippen MR) is 96.9 cm³/mol. The summed E-state index contributed by atoms with van der Waals surface area (Å²) in [4.78, 5) is -0.0483. The molecule has 1 aromatic carbocycles. The van der Waals surface area contributed by atoms with E-state index in [0.29, 0.717) is 23.1 Å². The molecule has 0 aliphatic heterocycles. The van der Waals surface area contributed by atoms with Crippen LogP contribution in [0.2, 0.25) is 0 Å². The Hall–Kier alpha value is -3.34. The van der Waals surface area contributed by atoms with Crippen molar-refractivity contribution in [3.8, 4) is 11.5 Å². The first kappa shape index (κ1) is 18.5. The molecule has 3 aromatic rings. The third-order valence-corrected chi connectivity index (χ3v) is 4.84. The van der Waals surface area contributed by atoms with E-state index in [1.807, 2.05) is 0 Å². The lowest BCUT2D eigenvalue weighted by molar-refractivity contribution is 0.386. The average Bonchev–Trinajstić information content (AvgIpc) is 3.07. The van der Waals surface area contributed by atoms with E-state index in [0.717, 1.165) is 0 Å². The van der Waals surface area contributed by atoms with Gasteiger partial charge in [0.05, 0.1) is 14.2 Å². The molecule has 0 aliphatic rings. The Balaban J connectivity index is 1.78. The van der Waals surface area contributed by atoms with Crippen LogP contribution in [-0.2, 0) is 10.0 Å². The summed E-state index contributed by atoms with van der Waals surface area (Å²) in [6.45, 7) is 1.76. The molecule has 0 saturated carbocycles. The molecule has 2 N–H and O–H groups in total. The van der Waals surface area contributed by atoms with E-state index in [4.69, 9.17) is 14.0 Å². The molecule has 0 spiro atoms. The highest BCUT2D eigenvalue weighted by Gasteiger charge is 2.21. The Morgan fingerprint density at radius 2 is 1.70 bits per heavy atom. The molecule has 0 unspecified atom stereocenters. The smallest absolute Gasteiger partial charge is 0.266 e. The molecule has 0 radical (unpaired) electrons. The third kappa shape index (κ3) is 4.26. The summed E-state index contributed by atoms with van der Waals surface area (Å²) in [5.41, 5.74) is 0. The van der Waals surface area contributed by atoms with E-state index in [-0.39, 0.29) is 16.5 Å². The van der Waals surface area contributed by atoms with Gasteiger partial charge in [0.2, 0.25) is 0 Å². The minimum atomic E-state index is -3.93. The number of benzene rings is 1. The Labute approximate surface area is 155 Å². The summed E-state index contributed by atoms with van der Waals surface area (Å²) < 4.78 is 42.8. The Morgan fingerprint density at radius 3 is 2.30 bits per heavy atom. The van der Waals surface area contributed by atoms with Crippen LogP contribution in [0.3, 0.4) is 0 Å². The fourth-order valence-corrected chi connectivity index (χ4v) is 3.35. The number of ether oxygens (including phenoxy) is 2. The first-order chi connectivity index (χ1) is 12.9. The average molecular weight is 391 g/mol. The van der Waals surface area contributed by atoms with Crippen molar-refractivity contribution in [2.24, 2.45) is 0 Å². The number of methoxy groups -OCH3 is 2. The van der Waals surface area contributed by atoms with Gasteiger partial charge in [-0.25, -0.2) is 8.42 Å². The maximum atomic E-state index is 12.6. The molecule has 27 heavy (non-hydrogen) atoms. The lowest BCUT2D eigenvalue weighted by atomic mass is 10.3. The van der Waals surface area contributed by atoms with Crippen LogP contribution in [-0.4, -0.2) is 38.0 Å². The minimum Gasteiger partial charge on any atom is -0.497 e. The van der Waals surface area contributed by atoms with Crippen LogP contribution in [0.1, 0.15) is 5.76 Å². The van der Waals surface area contributed by atoms with Crippen molar-refractivity contribution < 1.29 is 22.4 Å². The van der Waals surface area contributed by atoms with Crippen LogP contribution in [0.4, 0.5) is 17.5 Å². The fraction of sp³-hybridized carbons (Fsp3) is 0.188. The normalized spacial score (nSPS) is 11.1. The highest BCUT2D eigenvalue weighted by atomic mass is 32.2. The summed E-state index contributed by atoms with van der Waals surface area (Å²) in [5.74, 6) is 2.17. The molecule has 2 heterocycles. The molecule has 0 bridgehead atoms. The van der Waals surface area contributed by atoms with E-state index in [2.05, 4.69) is 25.4 Å². The van der Waals surface area contributed by atoms with Gasteiger partial charge in [-0.3, -0.25) is 4.72 Å². The van der Waals surface area contributed by atoms with Gasteiger partial charge in [-0.2, -0.15) is 0 Å². The van der Waals surface area contributed by atoms with Crippen LogP contribution in [0.5, 0.6) is 11.5 Å². The van der Waals surface area contributed by atoms with E-state index >= 15 is 0 Å². The quantitative estimate of drug-likeness (QED) is 0.623. The number of rotatable bonds is 7. The number of hydrogen-bond acceptors (Lipinski definition) is 9. The van der Waals surface area contributed by atoms with Gasteiger partial charge < -0.3 is 19.3 Å². The molecular formula is C16H17N5O5S. The molecule has 11 heteroatoms. The standard InChI is InChI=1S/C16H17N5O5S/c1-10-8-16(20-26-10)17-14-6-7-15(19-18-14)21-27(22,23)13-5-4-11(24-2)9-12(13)25-3/h4-9H,1-3H3,(H,19,21)(H,17,18,20). The summed E-state index contributed by atoms with van der Waals surface area (Å²) in [5, 5.41) is 14.4. The van der Waals surface area contributed by atoms with E-state index in [9.17, 15) is 8.42 Å². The maximum absolute atomic E-state index is 12.6. The lowest BCUT2D eigenvalue weighted by Crippen LogP contribution is -2.15. The number of hydrogen-bond donors (Lipinski definition) is 2. The van der Waals surface area contributed by atoms with Gasteiger partial charge in [0.25, 0.3) is 10.0 Å². The number of anilines is 3. The summed E-state index contributed by atoms with van der Waals surface area (Å²) in [6.07, 6.45) is 0. The second-order valence-corrected chi connectivity index (χ2v) is 7.02. The number of nitrogens with one attached hydrogen (secondary N) is 2. The Kier molecular flexibility index (Phi) is 5.12. The molecule has 0 aliphatic carbocycles. The summed E-state index contributed by atoms with van der Waals surface area (Å²) >= 11 is 0. The summed E-state index contributed by atoms with van der Waals surface area (Å²) in [7, 11) is -1.08. The van der Waals surface area contributed by atoms with Crippen molar-refractivity contribution in [1.82, 2.24) is 15.4 Å². The molecule has 0 amide bonds.